The van der Waals surface area contributed by atoms with Gasteiger partial charge in [0, 0.05) is 11.6 Å². The van der Waals surface area contributed by atoms with E-state index in [1.54, 1.807) is 64.1 Å². The average Bonchev–Trinajstić information content (AvgIpc) is 3.26. The lowest BCUT2D eigenvalue weighted by Crippen LogP contribution is -2.40. The molecule has 12 nitrogen and oxygen atoms in total. The molecule has 13 heteroatoms. The van der Waals surface area contributed by atoms with Gasteiger partial charge in [-0.05, 0) is 57.0 Å². The van der Waals surface area contributed by atoms with Crippen molar-refractivity contribution in [2.24, 2.45) is 4.99 Å². The van der Waals surface area contributed by atoms with Crippen LogP contribution in [-0.2, 0) is 19.1 Å². The van der Waals surface area contributed by atoms with Gasteiger partial charge in [-0.2, -0.15) is 0 Å². The molecule has 1 aliphatic heterocycles. The summed E-state index contributed by atoms with van der Waals surface area (Å²) in [6.45, 7) is 6.82. The van der Waals surface area contributed by atoms with Crippen LogP contribution in [0, 0.1) is 17.0 Å². The van der Waals surface area contributed by atoms with Crippen LogP contribution in [0.25, 0.3) is 6.08 Å². The molecule has 220 valence electrons. The molecular weight excluding hydrogens is 566 g/mol. The van der Waals surface area contributed by atoms with E-state index in [1.165, 1.54) is 17.7 Å². The Kier molecular flexibility index (Phi) is 9.21. The van der Waals surface area contributed by atoms with Crippen LogP contribution in [0.5, 0.6) is 11.5 Å². The van der Waals surface area contributed by atoms with Crippen LogP contribution >= 0.6 is 11.3 Å². The van der Waals surface area contributed by atoms with Crippen LogP contribution in [0.2, 0.25) is 0 Å². The van der Waals surface area contributed by atoms with E-state index in [1.807, 2.05) is 0 Å². The molecule has 0 bridgehead atoms. The Hall–Kier alpha value is -4.78. The first-order chi connectivity index (χ1) is 20.1. The van der Waals surface area contributed by atoms with Gasteiger partial charge < -0.3 is 18.9 Å². The molecule has 0 unspecified atom stereocenters. The van der Waals surface area contributed by atoms with Crippen LogP contribution in [-0.4, -0.2) is 48.4 Å². The van der Waals surface area contributed by atoms with Crippen molar-refractivity contribution < 1.29 is 33.5 Å². The van der Waals surface area contributed by atoms with Gasteiger partial charge in [0.1, 0.15) is 0 Å². The third-order valence-corrected chi connectivity index (χ3v) is 7.38. The molecule has 4 rings (SSSR count). The number of ether oxygens (including phenoxy) is 4. The van der Waals surface area contributed by atoms with E-state index >= 15 is 0 Å². The number of allylic oxidation sites excluding steroid dienone is 1. The molecular formula is C29H29N3O9S. The Balaban J connectivity index is 1.91. The molecule has 0 saturated carbocycles. The van der Waals surface area contributed by atoms with Gasteiger partial charge in [-0.3, -0.25) is 19.5 Å². The zero-order valence-electron chi connectivity index (χ0n) is 23.7. The number of aromatic nitrogens is 1. The van der Waals surface area contributed by atoms with Gasteiger partial charge in [-0.25, -0.2) is 14.6 Å². The first kappa shape index (κ1) is 30.2. The first-order valence-corrected chi connectivity index (χ1v) is 13.8. The minimum Gasteiger partial charge on any atom is -0.490 e. The van der Waals surface area contributed by atoms with E-state index in [0.717, 1.165) is 11.3 Å². The van der Waals surface area contributed by atoms with Crippen LogP contribution in [0.1, 0.15) is 43.5 Å². The number of aryl methyl sites for hydroxylation is 1. The van der Waals surface area contributed by atoms with Gasteiger partial charge in [0.05, 0.1) is 47.1 Å². The van der Waals surface area contributed by atoms with Crippen molar-refractivity contribution in [1.29, 1.82) is 0 Å². The number of benzene rings is 2. The molecule has 0 saturated heterocycles. The third kappa shape index (κ3) is 6.10. The quantitative estimate of drug-likeness (QED) is 0.196. The average molecular weight is 596 g/mol. The first-order valence-electron chi connectivity index (χ1n) is 13.0. The number of esters is 2. The second-order valence-electron chi connectivity index (χ2n) is 9.11. The molecule has 0 radical (unpaired) electrons. The van der Waals surface area contributed by atoms with Gasteiger partial charge in [0.25, 0.3) is 11.2 Å². The fourth-order valence-electron chi connectivity index (χ4n) is 4.45. The minimum atomic E-state index is -0.927. The number of rotatable bonds is 10. The van der Waals surface area contributed by atoms with E-state index in [2.05, 4.69) is 9.73 Å². The molecule has 3 aromatic rings. The van der Waals surface area contributed by atoms with Gasteiger partial charge in [-0.15, -0.1) is 0 Å². The summed E-state index contributed by atoms with van der Waals surface area (Å²) in [7, 11) is 1.25. The highest BCUT2D eigenvalue weighted by Crippen LogP contribution is 2.36. The zero-order chi connectivity index (χ0) is 30.6. The number of nitrogens with zero attached hydrogens (tertiary/aromatic N) is 3. The Bertz CT molecular complexity index is 1770. The van der Waals surface area contributed by atoms with Crippen molar-refractivity contribution in [3.63, 3.8) is 0 Å². The molecule has 0 amide bonds. The van der Waals surface area contributed by atoms with Gasteiger partial charge in [-0.1, -0.05) is 29.5 Å². The summed E-state index contributed by atoms with van der Waals surface area (Å²) < 4.78 is 23.0. The third-order valence-electron chi connectivity index (χ3n) is 6.40. The molecule has 0 aliphatic carbocycles. The predicted octanol–water partition coefficient (Wildman–Crippen LogP) is 2.97. The van der Waals surface area contributed by atoms with Crippen LogP contribution in [0.3, 0.4) is 0 Å². The summed E-state index contributed by atoms with van der Waals surface area (Å²) >= 11 is 1.10. The summed E-state index contributed by atoms with van der Waals surface area (Å²) in [5.41, 5.74) is 1.53. The second kappa shape index (κ2) is 12.8. The Morgan fingerprint density at radius 1 is 1.10 bits per heavy atom. The number of fused-ring (bicyclic) bond motifs is 1. The van der Waals surface area contributed by atoms with Crippen LogP contribution in [0.4, 0.5) is 5.69 Å². The number of thiazole rings is 1. The maximum absolute atomic E-state index is 13.9. The lowest BCUT2D eigenvalue weighted by molar-refractivity contribution is -0.385. The molecule has 1 aromatic heterocycles. The summed E-state index contributed by atoms with van der Waals surface area (Å²) in [6.07, 6.45) is 1.56. The molecule has 0 spiro atoms. The Morgan fingerprint density at radius 2 is 1.86 bits per heavy atom. The fourth-order valence-corrected chi connectivity index (χ4v) is 5.50. The number of carbonyl (C=O) groups excluding carboxylic acids is 2. The van der Waals surface area contributed by atoms with E-state index < -0.39 is 28.5 Å². The highest BCUT2D eigenvalue weighted by molar-refractivity contribution is 7.07. The number of methoxy groups -OCH3 is 1. The molecule has 1 atom stereocenters. The topological polar surface area (TPSA) is 149 Å². The second-order valence-corrected chi connectivity index (χ2v) is 10.1. The summed E-state index contributed by atoms with van der Waals surface area (Å²) in [4.78, 5) is 54.6. The highest BCUT2D eigenvalue weighted by atomic mass is 32.1. The Morgan fingerprint density at radius 3 is 2.52 bits per heavy atom. The maximum atomic E-state index is 13.9. The highest BCUT2D eigenvalue weighted by Gasteiger charge is 2.34. The monoisotopic (exact) mass is 595 g/mol. The normalized spacial score (nSPS) is 14.6. The molecule has 2 heterocycles. The zero-order valence-corrected chi connectivity index (χ0v) is 24.5. The number of hydrogen-bond donors (Lipinski definition) is 0. The molecule has 0 fully saturated rings. The lowest BCUT2D eigenvalue weighted by Gasteiger charge is -2.25. The van der Waals surface area contributed by atoms with Crippen LogP contribution < -0.4 is 24.4 Å². The molecule has 2 aromatic carbocycles. The predicted molar refractivity (Wildman–Crippen MR) is 153 cm³/mol. The smallest absolute Gasteiger partial charge is 0.343 e. The Labute approximate surface area is 244 Å². The van der Waals surface area contributed by atoms with E-state index in [4.69, 9.17) is 14.2 Å². The molecule has 42 heavy (non-hydrogen) atoms. The lowest BCUT2D eigenvalue weighted by atomic mass is 9.95. The largest absolute Gasteiger partial charge is 0.490 e. The van der Waals surface area contributed by atoms with Crippen molar-refractivity contribution in [3.8, 4) is 11.5 Å². The van der Waals surface area contributed by atoms with E-state index in [-0.39, 0.29) is 41.4 Å². The SMILES string of the molecule is CCOC(=O)C1=C(C)N=c2s/c(=C\c3ccc(C)c([N+](=O)[O-])c3)c(=O)n2[C@H]1c1ccc(OCC(=O)OC)c(OCC)c1. The molecule has 1 aliphatic rings. The van der Waals surface area contributed by atoms with Gasteiger partial charge >= 0.3 is 11.9 Å². The summed E-state index contributed by atoms with van der Waals surface area (Å²) in [6, 6.07) is 8.67. The minimum absolute atomic E-state index is 0.0622. The fraction of sp³-hybridized carbons (Fsp3) is 0.310. The van der Waals surface area contributed by atoms with E-state index in [0.29, 0.717) is 32.9 Å². The number of hydrogen-bond acceptors (Lipinski definition) is 11. The molecule has 0 N–H and O–H groups in total. The summed E-state index contributed by atoms with van der Waals surface area (Å²) in [5.74, 6) is -0.629. The number of nitro benzene ring substituents is 1. The van der Waals surface area contributed by atoms with Crippen molar-refractivity contribution >= 4 is 35.0 Å². The van der Waals surface area contributed by atoms with Gasteiger partial charge in [0.2, 0.25) is 0 Å². The van der Waals surface area contributed by atoms with Crippen molar-refractivity contribution in [2.45, 2.75) is 33.7 Å². The van der Waals surface area contributed by atoms with Crippen LogP contribution in [0.15, 0.2) is 57.5 Å². The number of nitro groups is 1. The van der Waals surface area contributed by atoms with Crippen molar-refractivity contribution in [3.05, 3.63) is 94.2 Å². The number of carbonyl (C=O) groups is 2. The van der Waals surface area contributed by atoms with Crippen molar-refractivity contribution in [1.82, 2.24) is 4.57 Å². The standard InChI is InChI=1S/C29H29N3O9S/c1-6-39-22-14-19(10-11-21(22)41-15-24(33)38-5)26-25(28(35)40-7-2)17(4)30-29-31(26)27(34)23(42-29)13-18-9-8-16(3)20(12-18)32(36)37/h8-14,26H,6-7,15H2,1-5H3/b23-13-/t26-/m0/s1. The van der Waals surface area contributed by atoms with Crippen molar-refractivity contribution in [2.75, 3.05) is 26.9 Å². The van der Waals surface area contributed by atoms with Gasteiger partial charge in [0.15, 0.2) is 22.9 Å². The maximum Gasteiger partial charge on any atom is 0.343 e. The summed E-state index contributed by atoms with van der Waals surface area (Å²) in [5, 5.41) is 11.5. The van der Waals surface area contributed by atoms with E-state index in [9.17, 15) is 24.5 Å².